The number of carbonyl (C=O) groups is 12. The number of aliphatic carboxylic acids is 3. The normalized spacial score (nSPS) is 13.4. The summed E-state index contributed by atoms with van der Waals surface area (Å²) in [6, 6.07) is 6.14. The maximum absolute atomic E-state index is 15.4. The molecule has 2 aromatic carbocycles. The number of carboxylic acid groups (broad SMARTS) is 3. The van der Waals surface area contributed by atoms with Crippen LogP contribution in [0.4, 0.5) is 8.78 Å². The van der Waals surface area contributed by atoms with Crippen molar-refractivity contribution < 1.29 is 86.7 Å². The first kappa shape index (κ1) is 65.9. The molecule has 436 valence electrons. The highest BCUT2D eigenvalue weighted by Crippen LogP contribution is 2.41. The van der Waals surface area contributed by atoms with Crippen LogP contribution < -0.4 is 32.3 Å². The highest BCUT2D eigenvalue weighted by molar-refractivity contribution is 5.97. The Kier molecular flexibility index (Phi) is 25.7. The van der Waals surface area contributed by atoms with Gasteiger partial charge in [0.05, 0.1) is 24.9 Å². The highest BCUT2D eigenvalue weighted by Gasteiger charge is 2.39. The lowest BCUT2D eigenvalue weighted by atomic mass is 9.82. The molecule has 0 spiro atoms. The first-order valence-corrected chi connectivity index (χ1v) is 25.6. The Balaban J connectivity index is 2.00. The Morgan fingerprint density at radius 1 is 0.688 bits per heavy atom. The van der Waals surface area contributed by atoms with Crippen LogP contribution in [0.3, 0.4) is 0 Å². The van der Waals surface area contributed by atoms with Crippen molar-refractivity contribution in [3.05, 3.63) is 83.7 Å². The fraction of sp³-hybridized carbons (Fsp3) is 0.481. The lowest BCUT2D eigenvalue weighted by molar-refractivity contribution is -0.143. The molecule has 80 heavy (non-hydrogen) atoms. The predicted molar refractivity (Wildman–Crippen MR) is 280 cm³/mol. The summed E-state index contributed by atoms with van der Waals surface area (Å²) in [5.74, 6) is -14.6. The molecule has 11 N–H and O–H groups in total. The number of nitrogens with two attached hydrogens (primary N) is 1. The number of carbonyl (C=O) groups excluding carboxylic acids is 9. The number of carboxylic acids is 3. The number of aliphatic hydroxyl groups excluding tert-OH is 1. The molecule has 1 heterocycles. The molecule has 0 fully saturated rings. The Labute approximate surface area is 459 Å². The van der Waals surface area contributed by atoms with Gasteiger partial charge in [-0.1, -0.05) is 58.0 Å². The number of aliphatic hydroxyl groups is 1. The van der Waals surface area contributed by atoms with E-state index in [1.165, 1.54) is 18.7 Å². The quantitative estimate of drug-likeness (QED) is 0.0408. The molecule has 0 bridgehead atoms. The van der Waals surface area contributed by atoms with Crippen molar-refractivity contribution in [1.29, 1.82) is 0 Å². The van der Waals surface area contributed by atoms with Crippen LogP contribution in [0, 0.1) is 23.0 Å². The molecule has 0 saturated carbocycles. The summed E-state index contributed by atoms with van der Waals surface area (Å²) in [6.07, 6.45) is -3.24. The second-order valence-corrected chi connectivity index (χ2v) is 20.2. The maximum atomic E-state index is 15.4. The van der Waals surface area contributed by atoms with E-state index in [1.54, 1.807) is 55.8 Å². The van der Waals surface area contributed by atoms with E-state index in [0.717, 1.165) is 23.8 Å². The van der Waals surface area contributed by atoms with Gasteiger partial charge in [0, 0.05) is 87.1 Å². The fourth-order valence-electron chi connectivity index (χ4n) is 8.44. The van der Waals surface area contributed by atoms with Crippen LogP contribution in [0.5, 0.6) is 0 Å². The lowest BCUT2D eigenvalue weighted by Crippen LogP contribution is -2.56. The minimum atomic E-state index is -1.81. The second kappa shape index (κ2) is 31.2. The van der Waals surface area contributed by atoms with Gasteiger partial charge in [-0.15, -0.1) is 0 Å². The van der Waals surface area contributed by atoms with E-state index in [9.17, 15) is 72.1 Å². The zero-order valence-electron chi connectivity index (χ0n) is 45.1. The summed E-state index contributed by atoms with van der Waals surface area (Å²) in [5.41, 5.74) is 5.79. The molecule has 0 aliphatic heterocycles. The molecule has 0 unspecified atom stereocenters. The number of amides is 7. The van der Waals surface area contributed by atoms with E-state index >= 15 is 4.39 Å². The number of aromatic nitrogens is 1. The molecule has 0 aliphatic carbocycles. The van der Waals surface area contributed by atoms with Crippen LogP contribution in [-0.4, -0.2) is 145 Å². The number of nitrogens with zero attached hydrogens (tertiary/aromatic N) is 2. The predicted octanol–water partition coefficient (Wildman–Crippen LogP) is 1.88. The summed E-state index contributed by atoms with van der Waals surface area (Å²) in [4.78, 5) is 153. The smallest absolute Gasteiger partial charge is 0.326 e. The van der Waals surface area contributed by atoms with Gasteiger partial charge in [-0.25, -0.2) is 13.6 Å². The van der Waals surface area contributed by atoms with Crippen molar-refractivity contribution in [1.82, 2.24) is 36.1 Å². The topological polar surface area (TPSA) is 380 Å². The minimum Gasteiger partial charge on any atom is -0.481 e. The SMILES string of the molecule is C[C@H](CC(=O)[C@H](C)NC(=O)CCC(=O)CCC(=O)O)C(=O)N[C@@H](CC(N)=O)C(=O)N[C@@H](CCN(C(=O)CO)[C@@H](c1cc(-c2cc(F)ccc2F)cn1Cc1ccccc1)C(C)(C)C)C(=O)NCCC(=O)N[C@@H](CCC(=O)O)C(=O)O. The van der Waals surface area contributed by atoms with Crippen LogP contribution in [0.25, 0.3) is 11.1 Å². The number of nitrogens with one attached hydrogen (secondary N) is 5. The van der Waals surface area contributed by atoms with Crippen LogP contribution >= 0.6 is 0 Å². The van der Waals surface area contributed by atoms with Gasteiger partial charge in [-0.3, -0.25) is 52.7 Å². The van der Waals surface area contributed by atoms with Crippen molar-refractivity contribution in [3.63, 3.8) is 0 Å². The number of hydrogen-bond acceptors (Lipinski definition) is 13. The third-order valence-corrected chi connectivity index (χ3v) is 12.6. The molecule has 0 saturated heterocycles. The van der Waals surface area contributed by atoms with Gasteiger partial charge in [-0.2, -0.15) is 0 Å². The highest BCUT2D eigenvalue weighted by atomic mass is 19.1. The molecular weight excluding hydrogens is 1050 g/mol. The van der Waals surface area contributed by atoms with Gasteiger partial charge in [0.1, 0.15) is 42.2 Å². The number of halogens is 2. The number of benzene rings is 2. The Morgan fingerprint density at radius 3 is 1.91 bits per heavy atom. The van der Waals surface area contributed by atoms with E-state index in [4.69, 9.17) is 15.9 Å². The first-order valence-electron chi connectivity index (χ1n) is 25.6. The zero-order chi connectivity index (χ0) is 60.0. The molecule has 3 rings (SSSR count). The van der Waals surface area contributed by atoms with E-state index in [2.05, 4.69) is 26.6 Å². The largest absolute Gasteiger partial charge is 0.481 e. The summed E-state index contributed by atoms with van der Waals surface area (Å²) >= 11 is 0. The van der Waals surface area contributed by atoms with Crippen LogP contribution in [0.2, 0.25) is 0 Å². The van der Waals surface area contributed by atoms with Gasteiger partial charge in [-0.05, 0) is 55.0 Å². The number of Topliss-reactive ketones (excluding diaryl/α,β-unsaturated/α-hetero) is 2. The second-order valence-electron chi connectivity index (χ2n) is 20.2. The van der Waals surface area contributed by atoms with E-state index < -0.39 is 189 Å². The molecule has 7 amide bonds. The van der Waals surface area contributed by atoms with Gasteiger partial charge in [0.25, 0.3) is 0 Å². The Bertz CT molecular complexity index is 2750. The Morgan fingerprint density at radius 2 is 1.31 bits per heavy atom. The maximum Gasteiger partial charge on any atom is 0.326 e. The van der Waals surface area contributed by atoms with E-state index in [-0.39, 0.29) is 36.9 Å². The average Bonchev–Trinajstić information content (AvgIpc) is 3.78. The third kappa shape index (κ3) is 21.8. The van der Waals surface area contributed by atoms with Crippen LogP contribution in [0.1, 0.15) is 116 Å². The summed E-state index contributed by atoms with van der Waals surface area (Å²) in [7, 11) is 0. The van der Waals surface area contributed by atoms with Crippen molar-refractivity contribution in [2.75, 3.05) is 19.7 Å². The zero-order valence-corrected chi connectivity index (χ0v) is 45.1. The van der Waals surface area contributed by atoms with Crippen molar-refractivity contribution in [3.8, 4) is 11.1 Å². The van der Waals surface area contributed by atoms with Gasteiger partial charge in [0.2, 0.25) is 41.4 Å². The van der Waals surface area contributed by atoms with Gasteiger partial charge in [0.15, 0.2) is 5.78 Å². The number of hydrogen-bond donors (Lipinski definition) is 10. The van der Waals surface area contributed by atoms with Gasteiger partial charge >= 0.3 is 17.9 Å². The fourth-order valence-corrected chi connectivity index (χ4v) is 8.44. The van der Waals surface area contributed by atoms with E-state index in [1.807, 2.05) is 12.1 Å². The third-order valence-electron chi connectivity index (χ3n) is 12.6. The minimum absolute atomic E-state index is 0.103. The molecule has 6 atom stereocenters. The lowest BCUT2D eigenvalue weighted by Gasteiger charge is -2.41. The molecule has 0 aliphatic rings. The molecule has 1 aromatic heterocycles. The van der Waals surface area contributed by atoms with Crippen molar-refractivity contribution in [2.24, 2.45) is 17.1 Å². The molecule has 26 heteroatoms. The number of rotatable bonds is 34. The molecule has 3 aromatic rings. The van der Waals surface area contributed by atoms with Gasteiger partial charge < -0.3 is 62.2 Å². The molecular formula is C54H70F2N8O16. The van der Waals surface area contributed by atoms with E-state index in [0.29, 0.717) is 5.69 Å². The summed E-state index contributed by atoms with van der Waals surface area (Å²) in [6.45, 7) is 6.01. The summed E-state index contributed by atoms with van der Waals surface area (Å²) < 4.78 is 31.7. The first-order chi connectivity index (χ1) is 37.5. The summed E-state index contributed by atoms with van der Waals surface area (Å²) in [5, 5.41) is 49.5. The van der Waals surface area contributed by atoms with Crippen LogP contribution in [0.15, 0.2) is 60.8 Å². The number of ketones is 2. The molecule has 24 nitrogen and oxygen atoms in total. The standard InChI is InChI=1S/C54H70F2N8O16/c1-30(23-42(67)31(2)59-44(69)16-12-35(66)13-17-47(72)73)50(76)62-40(26-43(57)68)52(78)61-38(51(77)58-21-19-45(70)60-39(53(79)80)15-18-48(74)75)20-22-64(46(71)29-65)49(54(3,4)5)41-24-33(36-25-34(55)11-14-37(36)56)28-63(41)27-32-9-7-6-8-10-32/h6-11,14,24-25,28,30-31,38-40,49,65H,12-13,15-23,26-27,29H2,1-5H3,(H2,57,68)(H,58,77)(H,59,69)(H,60,70)(H,61,78)(H,62,76)(H,72,73)(H,74,75)(H,79,80)/t30-,31+,38+,39+,40+,49+/m1/s1. The average molecular weight is 1130 g/mol. The monoisotopic (exact) mass is 1120 g/mol. The Hall–Kier alpha value is -8.42. The van der Waals surface area contributed by atoms with Crippen molar-refractivity contribution in [2.45, 2.75) is 136 Å². The van der Waals surface area contributed by atoms with Crippen LogP contribution in [-0.2, 0) is 64.1 Å². The van der Waals surface area contributed by atoms with Crippen molar-refractivity contribution >= 4 is 70.8 Å². The number of primary amides is 1. The molecule has 0 radical (unpaired) electrons.